The molecule has 1 aliphatic rings. The first-order valence-electron chi connectivity index (χ1n) is 10.2. The van der Waals surface area contributed by atoms with Gasteiger partial charge in [0.05, 0.1) is 18.2 Å². The van der Waals surface area contributed by atoms with Gasteiger partial charge < -0.3 is 19.6 Å². The number of rotatable bonds is 8. The van der Waals surface area contributed by atoms with E-state index in [1.54, 1.807) is 24.3 Å². The Morgan fingerprint density at radius 3 is 2.32 bits per heavy atom. The summed E-state index contributed by atoms with van der Waals surface area (Å²) in [6.07, 6.45) is 0.896. The monoisotopic (exact) mass is 442 g/mol. The first-order valence-corrected chi connectivity index (χ1v) is 10.6. The molecule has 1 amide bonds. The van der Waals surface area contributed by atoms with Gasteiger partial charge in [-0.2, -0.15) is 0 Å². The van der Waals surface area contributed by atoms with Gasteiger partial charge >= 0.3 is 0 Å². The molecule has 31 heavy (non-hydrogen) atoms. The van der Waals surface area contributed by atoms with Crippen molar-refractivity contribution >= 4 is 29.1 Å². The van der Waals surface area contributed by atoms with E-state index in [9.17, 15) is 14.7 Å². The lowest BCUT2D eigenvalue weighted by atomic mass is 9.95. The van der Waals surface area contributed by atoms with E-state index < -0.39 is 17.7 Å². The van der Waals surface area contributed by atoms with Gasteiger partial charge in [-0.25, -0.2) is 0 Å². The molecule has 0 radical (unpaired) electrons. The number of halogens is 1. The zero-order valence-corrected chi connectivity index (χ0v) is 18.7. The van der Waals surface area contributed by atoms with Gasteiger partial charge in [-0.05, 0) is 62.5 Å². The Morgan fingerprint density at radius 2 is 1.74 bits per heavy atom. The summed E-state index contributed by atoms with van der Waals surface area (Å²) in [5.74, 6) is -0.802. The molecular weight excluding hydrogens is 416 g/mol. The maximum absolute atomic E-state index is 13.0. The third kappa shape index (κ3) is 5.09. The fourth-order valence-corrected chi connectivity index (χ4v) is 3.62. The highest BCUT2D eigenvalue weighted by Crippen LogP contribution is 2.39. The number of benzene rings is 2. The number of hydrogen-bond donors (Lipinski definition) is 1. The van der Waals surface area contributed by atoms with E-state index in [2.05, 4.69) is 0 Å². The topological polar surface area (TPSA) is 70.1 Å². The summed E-state index contributed by atoms with van der Waals surface area (Å²) in [5, 5.41) is 11.5. The summed E-state index contributed by atoms with van der Waals surface area (Å²) in [6.45, 7) is 3.58. The zero-order chi connectivity index (χ0) is 22.5. The van der Waals surface area contributed by atoms with Crippen molar-refractivity contribution in [2.75, 3.05) is 33.8 Å². The number of nitrogens with zero attached hydrogens (tertiary/aromatic N) is 2. The van der Waals surface area contributed by atoms with Gasteiger partial charge in [-0.3, -0.25) is 9.59 Å². The van der Waals surface area contributed by atoms with Gasteiger partial charge in [0.15, 0.2) is 0 Å². The second-order valence-electron chi connectivity index (χ2n) is 7.72. The molecule has 1 aliphatic heterocycles. The number of amides is 1. The van der Waals surface area contributed by atoms with Crippen molar-refractivity contribution in [3.63, 3.8) is 0 Å². The fourth-order valence-electron chi connectivity index (χ4n) is 3.49. The number of aliphatic hydroxyl groups excluding tert-OH is 1. The number of likely N-dealkylation sites (tertiary alicyclic amines) is 1. The summed E-state index contributed by atoms with van der Waals surface area (Å²) in [7, 11) is 3.80. The van der Waals surface area contributed by atoms with Gasteiger partial charge in [-0.15, -0.1) is 0 Å². The highest BCUT2D eigenvalue weighted by atomic mass is 35.5. The molecule has 7 heteroatoms. The second-order valence-corrected chi connectivity index (χ2v) is 8.16. The number of likely N-dealkylation sites (N-methyl/N-ethyl adjacent to an activating group) is 1. The van der Waals surface area contributed by atoms with Crippen LogP contribution < -0.4 is 4.74 Å². The molecule has 1 heterocycles. The number of ketones is 1. The molecule has 1 atom stereocenters. The Kier molecular flexibility index (Phi) is 7.36. The molecule has 6 nitrogen and oxygen atoms in total. The first kappa shape index (κ1) is 22.8. The molecule has 164 valence electrons. The largest absolute Gasteiger partial charge is 0.507 e. The Hall–Kier alpha value is -2.83. The third-order valence-corrected chi connectivity index (χ3v) is 5.37. The van der Waals surface area contributed by atoms with Gasteiger partial charge in [0.25, 0.3) is 11.7 Å². The summed E-state index contributed by atoms with van der Waals surface area (Å²) in [4.78, 5) is 29.3. The Labute approximate surface area is 187 Å². The van der Waals surface area contributed by atoms with E-state index in [-0.39, 0.29) is 11.3 Å². The summed E-state index contributed by atoms with van der Waals surface area (Å²) in [6, 6.07) is 13.1. The van der Waals surface area contributed by atoms with Crippen LogP contribution in [0.1, 0.15) is 30.5 Å². The molecule has 2 aromatic carbocycles. The first-order chi connectivity index (χ1) is 14.8. The van der Waals surface area contributed by atoms with Crippen molar-refractivity contribution in [2.45, 2.75) is 19.4 Å². The smallest absolute Gasteiger partial charge is 0.295 e. The lowest BCUT2D eigenvalue weighted by Gasteiger charge is -2.26. The van der Waals surface area contributed by atoms with Crippen LogP contribution >= 0.6 is 11.6 Å². The third-order valence-electron chi connectivity index (χ3n) is 5.11. The number of ether oxygens (including phenoxy) is 1. The quantitative estimate of drug-likeness (QED) is 0.378. The van der Waals surface area contributed by atoms with E-state index in [0.717, 1.165) is 12.0 Å². The Bertz CT molecular complexity index is 968. The molecule has 0 saturated carbocycles. The predicted octanol–water partition coefficient (Wildman–Crippen LogP) is 4.11. The summed E-state index contributed by atoms with van der Waals surface area (Å²) >= 11 is 5.95. The minimum atomic E-state index is -0.692. The van der Waals surface area contributed by atoms with Crippen molar-refractivity contribution in [3.8, 4) is 5.75 Å². The average molecular weight is 443 g/mol. The van der Waals surface area contributed by atoms with Crippen LogP contribution in [-0.4, -0.2) is 60.4 Å². The number of carbonyl (C=O) groups excluding carboxylic acids is 2. The van der Waals surface area contributed by atoms with Crippen LogP contribution in [0, 0.1) is 0 Å². The Balaban J connectivity index is 2.06. The predicted molar refractivity (Wildman–Crippen MR) is 121 cm³/mol. The summed E-state index contributed by atoms with van der Waals surface area (Å²) in [5.41, 5.74) is 1.24. The van der Waals surface area contributed by atoms with Crippen molar-refractivity contribution in [1.82, 2.24) is 9.80 Å². The van der Waals surface area contributed by atoms with Gasteiger partial charge in [-0.1, -0.05) is 30.7 Å². The normalized spacial score (nSPS) is 18.1. The SMILES string of the molecule is CCCOc1ccc([C@H]2/C(=C(\O)c3ccc(Cl)cc3)C(=O)C(=O)N2CCN(C)C)cc1. The van der Waals surface area contributed by atoms with Crippen LogP contribution in [0.25, 0.3) is 5.76 Å². The molecule has 2 aromatic rings. The van der Waals surface area contributed by atoms with E-state index >= 15 is 0 Å². The average Bonchev–Trinajstić information content (AvgIpc) is 3.01. The molecule has 0 aliphatic carbocycles. The van der Waals surface area contributed by atoms with Gasteiger partial charge in [0, 0.05) is 23.7 Å². The van der Waals surface area contributed by atoms with E-state index in [1.165, 1.54) is 4.90 Å². The Morgan fingerprint density at radius 1 is 1.10 bits per heavy atom. The number of Topliss-reactive ketones (excluding diaryl/α,β-unsaturated/α-hetero) is 1. The molecular formula is C24H27ClN2O4. The lowest BCUT2D eigenvalue weighted by molar-refractivity contribution is -0.140. The van der Waals surface area contributed by atoms with Crippen LogP contribution in [0.15, 0.2) is 54.1 Å². The molecule has 0 bridgehead atoms. The van der Waals surface area contributed by atoms with E-state index in [1.807, 2.05) is 50.2 Å². The van der Waals surface area contributed by atoms with Crippen molar-refractivity contribution in [2.24, 2.45) is 0 Å². The van der Waals surface area contributed by atoms with Crippen LogP contribution in [0.3, 0.4) is 0 Å². The highest BCUT2D eigenvalue weighted by Gasteiger charge is 2.45. The van der Waals surface area contributed by atoms with Crippen molar-refractivity contribution in [1.29, 1.82) is 0 Å². The van der Waals surface area contributed by atoms with Crippen LogP contribution in [-0.2, 0) is 9.59 Å². The molecule has 1 N–H and O–H groups in total. The highest BCUT2D eigenvalue weighted by molar-refractivity contribution is 6.46. The number of aliphatic hydroxyl groups is 1. The maximum atomic E-state index is 13.0. The standard InChI is InChI=1S/C24H27ClN2O4/c1-4-15-31-19-11-7-16(8-12-19)21-20(22(28)17-5-9-18(25)10-6-17)23(29)24(30)27(21)14-13-26(2)3/h5-12,21,28H,4,13-15H2,1-3H3/b22-20+/t21-/m0/s1. The number of hydrogen-bond acceptors (Lipinski definition) is 5. The van der Waals surface area contributed by atoms with E-state index in [0.29, 0.717) is 36.0 Å². The molecule has 1 fully saturated rings. The number of carbonyl (C=O) groups is 2. The zero-order valence-electron chi connectivity index (χ0n) is 18.0. The molecule has 0 unspecified atom stereocenters. The fraction of sp³-hybridized carbons (Fsp3) is 0.333. The van der Waals surface area contributed by atoms with Crippen LogP contribution in [0.2, 0.25) is 5.02 Å². The lowest BCUT2D eigenvalue weighted by Crippen LogP contribution is -2.35. The maximum Gasteiger partial charge on any atom is 0.295 e. The minimum absolute atomic E-state index is 0.0771. The van der Waals surface area contributed by atoms with Gasteiger partial charge in [0.1, 0.15) is 11.5 Å². The minimum Gasteiger partial charge on any atom is -0.507 e. The molecule has 0 aromatic heterocycles. The molecule has 1 saturated heterocycles. The van der Waals surface area contributed by atoms with E-state index in [4.69, 9.17) is 16.3 Å². The van der Waals surface area contributed by atoms with Crippen LogP contribution in [0.4, 0.5) is 0 Å². The van der Waals surface area contributed by atoms with Crippen molar-refractivity contribution < 1.29 is 19.4 Å². The summed E-state index contributed by atoms with van der Waals surface area (Å²) < 4.78 is 5.65. The second kappa shape index (κ2) is 9.98. The molecule has 3 rings (SSSR count). The van der Waals surface area contributed by atoms with Crippen LogP contribution in [0.5, 0.6) is 5.75 Å². The molecule has 0 spiro atoms. The van der Waals surface area contributed by atoms with Crippen molar-refractivity contribution in [3.05, 3.63) is 70.3 Å². The van der Waals surface area contributed by atoms with Gasteiger partial charge in [0.2, 0.25) is 0 Å².